The van der Waals surface area contributed by atoms with Gasteiger partial charge in [0, 0.05) is 25.8 Å². The van der Waals surface area contributed by atoms with Crippen LogP contribution in [0.3, 0.4) is 0 Å². The first-order valence-electron chi connectivity index (χ1n) is 6.19. The molecule has 2 heterocycles. The first-order chi connectivity index (χ1) is 8.86. The third-order valence-corrected chi connectivity index (χ3v) is 5.45. The van der Waals surface area contributed by atoms with Gasteiger partial charge in [-0.05, 0) is 18.1 Å². The summed E-state index contributed by atoms with van der Waals surface area (Å²) in [4.78, 5) is 14.2. The van der Waals surface area contributed by atoms with Crippen molar-refractivity contribution in [3.8, 4) is 0 Å². The van der Waals surface area contributed by atoms with E-state index in [-0.39, 0.29) is 12.5 Å². The normalized spacial score (nSPS) is 27.3. The number of fused-ring (bicyclic) bond motifs is 2. The fraction of sp³-hybridized carbons (Fsp3) is 0.462. The van der Waals surface area contributed by atoms with Crippen molar-refractivity contribution < 1.29 is 13.2 Å². The largest absolute Gasteiger partial charge is 0.314 e. The lowest BCUT2D eigenvalue weighted by Gasteiger charge is -2.22. The van der Waals surface area contributed by atoms with Crippen molar-refractivity contribution in [1.82, 2.24) is 4.31 Å². The molecule has 2 aliphatic heterocycles. The van der Waals surface area contributed by atoms with Crippen molar-refractivity contribution >= 4 is 21.6 Å². The molecule has 3 rings (SSSR count). The van der Waals surface area contributed by atoms with E-state index < -0.39 is 15.4 Å². The number of carbonyl (C=O) groups excluding carboxylic acids is 1. The van der Waals surface area contributed by atoms with Gasteiger partial charge in [-0.15, -0.1) is 0 Å². The Morgan fingerprint density at radius 1 is 1.26 bits per heavy atom. The lowest BCUT2D eigenvalue weighted by molar-refractivity contribution is -0.122. The predicted octanol–water partition coefficient (Wildman–Crippen LogP) is 0.566. The molecular weight excluding hydrogens is 264 g/mol. The van der Waals surface area contributed by atoms with Crippen LogP contribution < -0.4 is 4.90 Å². The minimum Gasteiger partial charge on any atom is -0.314 e. The van der Waals surface area contributed by atoms with Crippen LogP contribution in [0.5, 0.6) is 0 Å². The second-order valence-electron chi connectivity index (χ2n) is 5.31. The molecule has 2 aliphatic rings. The molecule has 102 valence electrons. The summed E-state index contributed by atoms with van der Waals surface area (Å²) in [5, 5.41) is 0. The highest BCUT2D eigenvalue weighted by Crippen LogP contribution is 2.46. The van der Waals surface area contributed by atoms with E-state index in [1.54, 1.807) is 11.9 Å². The Hall–Kier alpha value is -1.40. The first kappa shape index (κ1) is 12.6. The molecule has 0 unspecified atom stereocenters. The summed E-state index contributed by atoms with van der Waals surface area (Å²) >= 11 is 0. The quantitative estimate of drug-likeness (QED) is 0.755. The number of sulfonamides is 1. The van der Waals surface area contributed by atoms with Gasteiger partial charge in [-0.1, -0.05) is 18.2 Å². The second-order valence-corrected chi connectivity index (χ2v) is 7.29. The van der Waals surface area contributed by atoms with Gasteiger partial charge in [0.15, 0.2) is 0 Å². The van der Waals surface area contributed by atoms with Crippen molar-refractivity contribution in [2.24, 2.45) is 0 Å². The highest BCUT2D eigenvalue weighted by molar-refractivity contribution is 7.88. The van der Waals surface area contributed by atoms with Gasteiger partial charge in [0.1, 0.15) is 0 Å². The molecule has 1 spiro atoms. The summed E-state index contributed by atoms with van der Waals surface area (Å²) in [5.74, 6) is -0.000139. The lowest BCUT2D eigenvalue weighted by Crippen LogP contribution is -2.41. The summed E-state index contributed by atoms with van der Waals surface area (Å²) in [6.07, 6.45) is 1.75. The summed E-state index contributed by atoms with van der Waals surface area (Å²) < 4.78 is 24.8. The maximum absolute atomic E-state index is 12.6. The third-order valence-electron chi connectivity index (χ3n) is 4.20. The Kier molecular flexibility index (Phi) is 2.53. The zero-order chi connectivity index (χ0) is 13.8. The fourth-order valence-electron chi connectivity index (χ4n) is 3.17. The minimum absolute atomic E-state index is 0.000139. The summed E-state index contributed by atoms with van der Waals surface area (Å²) in [7, 11) is -1.50. The average molecular weight is 280 g/mol. The molecule has 0 aromatic heterocycles. The van der Waals surface area contributed by atoms with Crippen molar-refractivity contribution in [2.75, 3.05) is 31.3 Å². The van der Waals surface area contributed by atoms with Gasteiger partial charge < -0.3 is 4.90 Å². The molecule has 0 aliphatic carbocycles. The molecule has 1 aromatic rings. The number of carbonyl (C=O) groups is 1. The number of amides is 1. The zero-order valence-corrected chi connectivity index (χ0v) is 11.8. The van der Waals surface area contributed by atoms with E-state index in [4.69, 9.17) is 0 Å². The third kappa shape index (κ3) is 1.63. The Morgan fingerprint density at radius 3 is 2.58 bits per heavy atom. The average Bonchev–Trinajstić information content (AvgIpc) is 2.89. The summed E-state index contributed by atoms with van der Waals surface area (Å²) in [6.45, 7) is 0.665. The molecule has 19 heavy (non-hydrogen) atoms. The number of hydrogen-bond acceptors (Lipinski definition) is 3. The molecule has 0 bridgehead atoms. The van der Waals surface area contributed by atoms with Crippen LogP contribution in [0.2, 0.25) is 0 Å². The standard InChI is InChI=1S/C13H16N2O3S/c1-14-11-6-4-3-5-10(11)13(12(14)16)7-8-15(9-13)19(2,17)18/h3-6H,7-9H2,1-2H3/t13-/m1/s1. The molecule has 6 heteroatoms. The van der Waals surface area contributed by atoms with E-state index in [1.807, 2.05) is 24.3 Å². The van der Waals surface area contributed by atoms with Crippen LogP contribution in [0.1, 0.15) is 12.0 Å². The van der Waals surface area contributed by atoms with E-state index >= 15 is 0 Å². The molecular formula is C13H16N2O3S. The van der Waals surface area contributed by atoms with E-state index in [1.165, 1.54) is 10.6 Å². The Labute approximate surface area is 112 Å². The van der Waals surface area contributed by atoms with E-state index in [2.05, 4.69) is 0 Å². The van der Waals surface area contributed by atoms with Crippen LogP contribution >= 0.6 is 0 Å². The van der Waals surface area contributed by atoms with Crippen LogP contribution in [-0.4, -0.2) is 45.0 Å². The number of para-hydroxylation sites is 1. The topological polar surface area (TPSA) is 57.7 Å². The maximum atomic E-state index is 12.6. The van der Waals surface area contributed by atoms with Gasteiger partial charge in [-0.2, -0.15) is 0 Å². The number of hydrogen-bond donors (Lipinski definition) is 0. The summed E-state index contributed by atoms with van der Waals surface area (Å²) in [5.41, 5.74) is 1.16. The smallest absolute Gasteiger partial charge is 0.238 e. The van der Waals surface area contributed by atoms with E-state index in [9.17, 15) is 13.2 Å². The van der Waals surface area contributed by atoms with Gasteiger partial charge >= 0.3 is 0 Å². The van der Waals surface area contributed by atoms with Gasteiger partial charge in [0.2, 0.25) is 15.9 Å². The van der Waals surface area contributed by atoms with Gasteiger partial charge in [0.05, 0.1) is 11.7 Å². The van der Waals surface area contributed by atoms with Crippen LogP contribution in [-0.2, 0) is 20.2 Å². The van der Waals surface area contributed by atoms with Gasteiger partial charge in [-0.3, -0.25) is 4.79 Å². The molecule has 1 aromatic carbocycles. The van der Waals surface area contributed by atoms with Crippen molar-refractivity contribution in [3.63, 3.8) is 0 Å². The molecule has 1 saturated heterocycles. The van der Waals surface area contributed by atoms with Crippen molar-refractivity contribution in [1.29, 1.82) is 0 Å². The number of anilines is 1. The Morgan fingerprint density at radius 2 is 1.95 bits per heavy atom. The van der Waals surface area contributed by atoms with Crippen molar-refractivity contribution in [3.05, 3.63) is 29.8 Å². The highest BCUT2D eigenvalue weighted by atomic mass is 32.2. The molecule has 0 saturated carbocycles. The van der Waals surface area contributed by atoms with Crippen molar-refractivity contribution in [2.45, 2.75) is 11.8 Å². The minimum atomic E-state index is -3.25. The van der Waals surface area contributed by atoms with E-state index in [0.717, 1.165) is 11.3 Å². The molecule has 1 atom stereocenters. The second kappa shape index (κ2) is 3.80. The zero-order valence-electron chi connectivity index (χ0n) is 11.0. The van der Waals surface area contributed by atoms with Crippen LogP contribution in [0.15, 0.2) is 24.3 Å². The Balaban J connectivity index is 2.10. The SMILES string of the molecule is CN1C(=O)[C@@]2(CCN(S(C)(=O)=O)C2)c2ccccc21. The number of benzene rings is 1. The number of likely N-dealkylation sites (N-methyl/N-ethyl adjacent to an activating group) is 1. The van der Waals surface area contributed by atoms with Crippen LogP contribution in [0, 0.1) is 0 Å². The highest BCUT2D eigenvalue weighted by Gasteiger charge is 2.54. The lowest BCUT2D eigenvalue weighted by atomic mass is 9.81. The summed E-state index contributed by atoms with van der Waals surface area (Å²) in [6, 6.07) is 7.63. The molecule has 1 amide bonds. The van der Waals surface area contributed by atoms with Gasteiger partial charge in [-0.25, -0.2) is 12.7 Å². The number of rotatable bonds is 1. The van der Waals surface area contributed by atoms with Crippen LogP contribution in [0.25, 0.3) is 0 Å². The fourth-order valence-corrected chi connectivity index (χ4v) is 4.05. The molecule has 0 N–H and O–H groups in total. The van der Waals surface area contributed by atoms with Gasteiger partial charge in [0.25, 0.3) is 0 Å². The molecule has 0 radical (unpaired) electrons. The molecule has 1 fully saturated rings. The first-order valence-corrected chi connectivity index (χ1v) is 8.04. The maximum Gasteiger partial charge on any atom is 0.238 e. The monoisotopic (exact) mass is 280 g/mol. The molecule has 5 nitrogen and oxygen atoms in total. The number of nitrogens with zero attached hydrogens (tertiary/aromatic N) is 2. The predicted molar refractivity (Wildman–Crippen MR) is 72.6 cm³/mol. The Bertz CT molecular complexity index is 656. The van der Waals surface area contributed by atoms with Crippen LogP contribution in [0.4, 0.5) is 5.69 Å². The van der Waals surface area contributed by atoms with E-state index in [0.29, 0.717) is 13.0 Å².